The molecule has 0 fully saturated rings. The van der Waals surface area contributed by atoms with E-state index in [1.165, 1.54) is 51.0 Å². The fourth-order valence-electron chi connectivity index (χ4n) is 2.10. The van der Waals surface area contributed by atoms with Gasteiger partial charge in [0.25, 0.3) is 0 Å². The van der Waals surface area contributed by atoms with Gasteiger partial charge in [-0.15, -0.1) is 0 Å². The predicted molar refractivity (Wildman–Crippen MR) is 77.6 cm³/mol. The van der Waals surface area contributed by atoms with E-state index < -0.39 is 0 Å². The summed E-state index contributed by atoms with van der Waals surface area (Å²) in [6, 6.07) is 5.21. The van der Waals surface area contributed by atoms with E-state index in [1.807, 2.05) is 13.0 Å². The van der Waals surface area contributed by atoms with Gasteiger partial charge in [-0.05, 0) is 25.5 Å². The van der Waals surface area contributed by atoms with Crippen molar-refractivity contribution in [2.24, 2.45) is 0 Å². The third kappa shape index (κ3) is 5.52. The average Bonchev–Trinajstić information content (AvgIpc) is 2.37. The Bertz CT molecular complexity index is 336. The minimum Gasteiger partial charge on any atom is -0.385 e. The largest absolute Gasteiger partial charge is 0.385 e. The molecule has 0 aromatic heterocycles. The molecule has 1 rings (SSSR count). The first-order valence-electron chi connectivity index (χ1n) is 7.24. The Hall–Kier alpha value is -1.05. The highest BCUT2D eigenvalue weighted by Crippen LogP contribution is 2.17. The summed E-state index contributed by atoms with van der Waals surface area (Å²) in [4.78, 5) is 0. The number of hydrogen-bond acceptors (Lipinski definition) is 1. The van der Waals surface area contributed by atoms with Crippen molar-refractivity contribution in [3.05, 3.63) is 29.6 Å². The summed E-state index contributed by atoms with van der Waals surface area (Å²) >= 11 is 0. The lowest BCUT2D eigenvalue weighted by Crippen LogP contribution is -2.03. The van der Waals surface area contributed by atoms with Crippen LogP contribution in [0.3, 0.4) is 0 Å². The molecule has 0 amide bonds. The van der Waals surface area contributed by atoms with Crippen molar-refractivity contribution in [2.75, 3.05) is 11.9 Å². The quantitative estimate of drug-likeness (QED) is 0.587. The monoisotopic (exact) mass is 251 g/mol. The smallest absolute Gasteiger partial charge is 0.128 e. The first-order valence-corrected chi connectivity index (χ1v) is 7.24. The Balaban J connectivity index is 2.09. The van der Waals surface area contributed by atoms with Crippen LogP contribution in [-0.4, -0.2) is 6.54 Å². The molecule has 1 aromatic carbocycles. The molecule has 0 saturated heterocycles. The number of benzene rings is 1. The molecule has 0 saturated carbocycles. The highest BCUT2D eigenvalue weighted by atomic mass is 19.1. The fraction of sp³-hybridized carbons (Fsp3) is 0.625. The van der Waals surface area contributed by atoms with Gasteiger partial charge in [-0.2, -0.15) is 0 Å². The molecule has 2 heteroatoms. The molecule has 0 heterocycles. The van der Waals surface area contributed by atoms with E-state index in [0.717, 1.165) is 17.8 Å². The summed E-state index contributed by atoms with van der Waals surface area (Å²) in [6.07, 6.45) is 9.15. The normalized spacial score (nSPS) is 10.6. The van der Waals surface area contributed by atoms with Gasteiger partial charge < -0.3 is 5.32 Å². The molecule has 0 bridgehead atoms. The zero-order chi connectivity index (χ0) is 13.2. The molecule has 1 N–H and O–H groups in total. The summed E-state index contributed by atoms with van der Waals surface area (Å²) in [6.45, 7) is 5.01. The van der Waals surface area contributed by atoms with Gasteiger partial charge in [0.1, 0.15) is 5.82 Å². The van der Waals surface area contributed by atoms with Crippen LogP contribution in [0.1, 0.15) is 57.4 Å². The minimum absolute atomic E-state index is 0.125. The number of anilines is 1. The summed E-state index contributed by atoms with van der Waals surface area (Å²) in [5, 5.41) is 3.32. The second-order valence-electron chi connectivity index (χ2n) is 4.96. The van der Waals surface area contributed by atoms with Gasteiger partial charge in [0.15, 0.2) is 0 Å². The number of unbranched alkanes of at least 4 members (excludes halogenated alkanes) is 6. The van der Waals surface area contributed by atoms with E-state index in [1.54, 1.807) is 6.07 Å². The van der Waals surface area contributed by atoms with Crippen molar-refractivity contribution in [1.82, 2.24) is 0 Å². The van der Waals surface area contributed by atoms with Crippen molar-refractivity contribution in [2.45, 2.75) is 58.8 Å². The highest BCUT2D eigenvalue weighted by molar-refractivity contribution is 5.50. The van der Waals surface area contributed by atoms with E-state index in [9.17, 15) is 4.39 Å². The van der Waals surface area contributed by atoms with Crippen LogP contribution in [0.4, 0.5) is 10.1 Å². The van der Waals surface area contributed by atoms with Crippen LogP contribution in [0.25, 0.3) is 0 Å². The number of nitrogens with one attached hydrogen (secondary N) is 1. The molecule has 0 spiro atoms. The maximum atomic E-state index is 13.3. The zero-order valence-corrected chi connectivity index (χ0v) is 11.8. The van der Waals surface area contributed by atoms with E-state index in [0.29, 0.717) is 0 Å². The molecule has 1 aromatic rings. The molecule has 1 nitrogen and oxygen atoms in total. The molecule has 0 aliphatic rings. The lowest BCUT2D eigenvalue weighted by Gasteiger charge is -2.09. The first-order chi connectivity index (χ1) is 8.75. The Morgan fingerprint density at radius 3 is 2.39 bits per heavy atom. The average molecular weight is 251 g/mol. The Morgan fingerprint density at radius 1 is 1.00 bits per heavy atom. The molecule has 0 radical (unpaired) electrons. The maximum absolute atomic E-state index is 13.3. The third-order valence-electron chi connectivity index (χ3n) is 3.36. The highest BCUT2D eigenvalue weighted by Gasteiger charge is 2.01. The minimum atomic E-state index is -0.125. The summed E-state index contributed by atoms with van der Waals surface area (Å²) in [5.41, 5.74) is 1.65. The molecular formula is C16H26FN. The molecule has 18 heavy (non-hydrogen) atoms. The van der Waals surface area contributed by atoms with Crippen LogP contribution in [0.2, 0.25) is 0 Å². The standard InChI is InChI=1S/C16H26FN/c1-3-4-5-6-7-8-9-13-18-16-12-10-11-15(17)14(16)2/h10-12,18H,3-9,13H2,1-2H3. The SMILES string of the molecule is CCCCCCCCCNc1cccc(F)c1C. The van der Waals surface area contributed by atoms with Crippen molar-refractivity contribution in [3.63, 3.8) is 0 Å². The van der Waals surface area contributed by atoms with Gasteiger partial charge in [-0.25, -0.2) is 4.39 Å². The topological polar surface area (TPSA) is 12.0 Å². The third-order valence-corrected chi connectivity index (χ3v) is 3.36. The van der Waals surface area contributed by atoms with Crippen LogP contribution in [-0.2, 0) is 0 Å². The van der Waals surface area contributed by atoms with Gasteiger partial charge in [0, 0.05) is 17.8 Å². The van der Waals surface area contributed by atoms with Crippen LogP contribution >= 0.6 is 0 Å². The predicted octanol–water partition coefficient (Wildman–Crippen LogP) is 5.30. The maximum Gasteiger partial charge on any atom is 0.128 e. The first kappa shape index (κ1) is 15.0. The molecule has 102 valence electrons. The van der Waals surface area contributed by atoms with Gasteiger partial charge in [0.2, 0.25) is 0 Å². The lowest BCUT2D eigenvalue weighted by atomic mass is 10.1. The van der Waals surface area contributed by atoms with Crippen LogP contribution in [0.5, 0.6) is 0 Å². The molecular weight excluding hydrogens is 225 g/mol. The Kier molecular flexibility index (Phi) is 7.47. The van der Waals surface area contributed by atoms with Gasteiger partial charge >= 0.3 is 0 Å². The fourth-order valence-corrected chi connectivity index (χ4v) is 2.10. The van der Waals surface area contributed by atoms with E-state index >= 15 is 0 Å². The number of rotatable bonds is 9. The van der Waals surface area contributed by atoms with Gasteiger partial charge in [-0.3, -0.25) is 0 Å². The lowest BCUT2D eigenvalue weighted by molar-refractivity contribution is 0.596. The van der Waals surface area contributed by atoms with Crippen LogP contribution in [0, 0.1) is 12.7 Å². The second-order valence-corrected chi connectivity index (χ2v) is 4.96. The second kappa shape index (κ2) is 8.96. The van der Waals surface area contributed by atoms with Crippen molar-refractivity contribution in [3.8, 4) is 0 Å². The van der Waals surface area contributed by atoms with E-state index in [4.69, 9.17) is 0 Å². The van der Waals surface area contributed by atoms with E-state index in [2.05, 4.69) is 12.2 Å². The van der Waals surface area contributed by atoms with E-state index in [-0.39, 0.29) is 5.82 Å². The van der Waals surface area contributed by atoms with Crippen molar-refractivity contribution < 1.29 is 4.39 Å². The van der Waals surface area contributed by atoms with Crippen molar-refractivity contribution in [1.29, 1.82) is 0 Å². The molecule has 0 unspecified atom stereocenters. The summed E-state index contributed by atoms with van der Waals surface area (Å²) < 4.78 is 13.3. The van der Waals surface area contributed by atoms with Gasteiger partial charge in [-0.1, -0.05) is 51.5 Å². The molecule has 0 aliphatic carbocycles. The number of halogens is 1. The molecule has 0 aliphatic heterocycles. The van der Waals surface area contributed by atoms with Crippen molar-refractivity contribution >= 4 is 5.69 Å². The zero-order valence-electron chi connectivity index (χ0n) is 11.8. The summed E-state index contributed by atoms with van der Waals surface area (Å²) in [5.74, 6) is -0.125. The number of hydrogen-bond donors (Lipinski definition) is 1. The Labute approximate surface area is 111 Å². The van der Waals surface area contributed by atoms with Crippen LogP contribution < -0.4 is 5.32 Å². The van der Waals surface area contributed by atoms with Crippen LogP contribution in [0.15, 0.2) is 18.2 Å². The van der Waals surface area contributed by atoms with Gasteiger partial charge in [0.05, 0.1) is 0 Å². The molecule has 0 atom stereocenters. The summed E-state index contributed by atoms with van der Waals surface area (Å²) in [7, 11) is 0. The Morgan fingerprint density at radius 2 is 1.67 bits per heavy atom.